The van der Waals surface area contributed by atoms with Crippen molar-refractivity contribution in [3.8, 4) is 0 Å². The van der Waals surface area contributed by atoms with E-state index in [4.69, 9.17) is 0 Å². The molecule has 4 unspecified atom stereocenters. The van der Waals surface area contributed by atoms with E-state index >= 15 is 0 Å². The zero-order valence-electron chi connectivity index (χ0n) is 11.7. The first kappa shape index (κ1) is 14.4. The molecule has 2 amide bonds. The van der Waals surface area contributed by atoms with Gasteiger partial charge in [0.05, 0.1) is 23.1 Å². The standard InChI is InChI=1S/C16H11F4NO2/c17-11-4-3-9(6-10(11)16(18,19)20)21-14(22)12-7-1-2-8(5-7)13(12)15(21)23/h1-4,6-8,12-13H,5H2. The van der Waals surface area contributed by atoms with Gasteiger partial charge in [-0.2, -0.15) is 13.2 Å². The average Bonchev–Trinajstić information content (AvgIpc) is 3.13. The van der Waals surface area contributed by atoms with E-state index in [1.165, 1.54) is 0 Å². The largest absolute Gasteiger partial charge is 0.419 e. The van der Waals surface area contributed by atoms with E-state index < -0.39 is 41.2 Å². The van der Waals surface area contributed by atoms with Crippen molar-refractivity contribution < 1.29 is 27.2 Å². The molecule has 120 valence electrons. The number of nitrogens with zero attached hydrogens (tertiary/aromatic N) is 1. The van der Waals surface area contributed by atoms with E-state index in [2.05, 4.69) is 0 Å². The summed E-state index contributed by atoms with van der Waals surface area (Å²) in [5, 5.41) is 0. The van der Waals surface area contributed by atoms with Gasteiger partial charge in [0.25, 0.3) is 0 Å². The predicted octanol–water partition coefficient (Wildman–Crippen LogP) is 3.16. The van der Waals surface area contributed by atoms with E-state index in [0.29, 0.717) is 12.1 Å². The van der Waals surface area contributed by atoms with Gasteiger partial charge in [-0.3, -0.25) is 9.59 Å². The number of hydrogen-bond donors (Lipinski definition) is 0. The van der Waals surface area contributed by atoms with Gasteiger partial charge in [-0.05, 0) is 36.5 Å². The van der Waals surface area contributed by atoms with Crippen LogP contribution < -0.4 is 4.90 Å². The van der Waals surface area contributed by atoms with E-state index in [0.717, 1.165) is 17.4 Å². The molecule has 4 rings (SSSR count). The second-order valence-electron chi connectivity index (χ2n) is 6.17. The van der Waals surface area contributed by atoms with Crippen LogP contribution in [0.4, 0.5) is 23.2 Å². The molecule has 1 saturated heterocycles. The lowest BCUT2D eigenvalue weighted by molar-refractivity contribution is -0.140. The van der Waals surface area contributed by atoms with Gasteiger partial charge in [0.2, 0.25) is 11.8 Å². The fourth-order valence-electron chi connectivity index (χ4n) is 4.03. The highest BCUT2D eigenvalue weighted by molar-refractivity contribution is 6.22. The highest BCUT2D eigenvalue weighted by Crippen LogP contribution is 2.53. The van der Waals surface area contributed by atoms with Crippen molar-refractivity contribution in [1.82, 2.24) is 0 Å². The highest BCUT2D eigenvalue weighted by atomic mass is 19.4. The number of allylic oxidation sites excluding steroid dienone is 2. The Labute approximate surface area is 128 Å². The van der Waals surface area contributed by atoms with Gasteiger partial charge in [0.15, 0.2) is 0 Å². The van der Waals surface area contributed by atoms with Crippen molar-refractivity contribution in [2.45, 2.75) is 12.6 Å². The quantitative estimate of drug-likeness (QED) is 0.452. The first-order chi connectivity index (χ1) is 10.8. The fraction of sp³-hybridized carbons (Fsp3) is 0.375. The van der Waals surface area contributed by atoms with Crippen LogP contribution in [-0.2, 0) is 15.8 Å². The molecule has 0 radical (unpaired) electrons. The molecule has 1 heterocycles. The maximum Gasteiger partial charge on any atom is 0.419 e. The number of carbonyl (C=O) groups is 2. The van der Waals surface area contributed by atoms with Crippen LogP contribution in [0, 0.1) is 29.5 Å². The zero-order chi connectivity index (χ0) is 16.5. The Morgan fingerprint density at radius 1 is 1.00 bits per heavy atom. The van der Waals surface area contributed by atoms with Crippen LogP contribution in [0.15, 0.2) is 30.4 Å². The van der Waals surface area contributed by atoms with Gasteiger partial charge in [0.1, 0.15) is 5.82 Å². The molecular formula is C16H11F4NO2. The van der Waals surface area contributed by atoms with Crippen LogP contribution in [0.5, 0.6) is 0 Å². The molecule has 1 saturated carbocycles. The Kier molecular flexibility index (Phi) is 2.77. The Morgan fingerprint density at radius 2 is 1.57 bits per heavy atom. The Hall–Kier alpha value is -2.18. The van der Waals surface area contributed by atoms with Gasteiger partial charge in [-0.15, -0.1) is 0 Å². The molecule has 2 bridgehead atoms. The van der Waals surface area contributed by atoms with Crippen LogP contribution in [0.25, 0.3) is 0 Å². The minimum atomic E-state index is -4.89. The molecule has 1 aliphatic heterocycles. The summed E-state index contributed by atoms with van der Waals surface area (Å²) in [5.74, 6) is -3.48. The molecular weight excluding hydrogens is 314 g/mol. The summed E-state index contributed by atoms with van der Waals surface area (Å²) in [5.41, 5.74) is -1.70. The molecule has 7 heteroatoms. The molecule has 2 aliphatic carbocycles. The maximum absolute atomic E-state index is 13.4. The minimum absolute atomic E-state index is 0.0333. The van der Waals surface area contributed by atoms with Gasteiger partial charge < -0.3 is 0 Å². The van der Waals surface area contributed by atoms with E-state index in [-0.39, 0.29) is 17.5 Å². The van der Waals surface area contributed by atoms with E-state index in [1.54, 1.807) is 0 Å². The monoisotopic (exact) mass is 325 g/mol. The molecule has 2 fully saturated rings. The number of imide groups is 1. The number of halogens is 4. The Morgan fingerprint density at radius 3 is 2.09 bits per heavy atom. The summed E-state index contributed by atoms with van der Waals surface area (Å²) in [6.07, 6.45) is -0.362. The predicted molar refractivity (Wildman–Crippen MR) is 71.6 cm³/mol. The third-order valence-electron chi connectivity index (χ3n) is 4.98. The summed E-state index contributed by atoms with van der Waals surface area (Å²) in [6, 6.07) is 2.21. The number of rotatable bonds is 1. The van der Waals surface area contributed by atoms with Crippen LogP contribution >= 0.6 is 0 Å². The third kappa shape index (κ3) is 1.88. The second kappa shape index (κ2) is 4.43. The number of amides is 2. The summed E-state index contributed by atoms with van der Waals surface area (Å²) in [6.45, 7) is 0. The molecule has 23 heavy (non-hydrogen) atoms. The van der Waals surface area contributed by atoms with Crippen molar-refractivity contribution in [3.05, 3.63) is 41.7 Å². The lowest BCUT2D eigenvalue weighted by atomic mass is 9.85. The van der Waals surface area contributed by atoms with Crippen molar-refractivity contribution in [2.75, 3.05) is 4.90 Å². The van der Waals surface area contributed by atoms with Crippen molar-refractivity contribution in [1.29, 1.82) is 0 Å². The molecule has 3 nitrogen and oxygen atoms in total. The molecule has 0 spiro atoms. The first-order valence-electron chi connectivity index (χ1n) is 7.22. The molecule has 1 aromatic rings. The van der Waals surface area contributed by atoms with Gasteiger partial charge in [-0.25, -0.2) is 9.29 Å². The number of hydrogen-bond acceptors (Lipinski definition) is 2. The fourth-order valence-corrected chi connectivity index (χ4v) is 4.03. The van der Waals surface area contributed by atoms with Gasteiger partial charge in [0, 0.05) is 0 Å². The smallest absolute Gasteiger partial charge is 0.274 e. The van der Waals surface area contributed by atoms with Gasteiger partial charge >= 0.3 is 6.18 Å². The van der Waals surface area contributed by atoms with E-state index in [9.17, 15) is 27.2 Å². The normalized spacial score (nSPS) is 32.1. The van der Waals surface area contributed by atoms with E-state index in [1.807, 2.05) is 12.2 Å². The Balaban J connectivity index is 1.75. The number of fused-ring (bicyclic) bond motifs is 5. The van der Waals surface area contributed by atoms with Gasteiger partial charge in [-0.1, -0.05) is 12.2 Å². The number of alkyl halides is 3. The zero-order valence-corrected chi connectivity index (χ0v) is 11.7. The van der Waals surface area contributed by atoms with Crippen LogP contribution in [0.3, 0.4) is 0 Å². The molecule has 0 N–H and O–H groups in total. The topological polar surface area (TPSA) is 37.4 Å². The lowest BCUT2D eigenvalue weighted by Crippen LogP contribution is -2.33. The molecule has 3 aliphatic rings. The lowest BCUT2D eigenvalue weighted by Gasteiger charge is -2.19. The van der Waals surface area contributed by atoms with Crippen LogP contribution in [0.2, 0.25) is 0 Å². The summed E-state index contributed by atoms with van der Waals surface area (Å²) in [4.78, 5) is 25.8. The van der Waals surface area contributed by atoms with Crippen LogP contribution in [-0.4, -0.2) is 11.8 Å². The van der Waals surface area contributed by atoms with Crippen molar-refractivity contribution >= 4 is 17.5 Å². The second-order valence-corrected chi connectivity index (χ2v) is 6.17. The summed E-state index contributed by atoms with van der Waals surface area (Å²) in [7, 11) is 0. The Bertz CT molecular complexity index is 725. The minimum Gasteiger partial charge on any atom is -0.274 e. The number of anilines is 1. The summed E-state index contributed by atoms with van der Waals surface area (Å²) < 4.78 is 51.9. The van der Waals surface area contributed by atoms with Crippen molar-refractivity contribution in [2.24, 2.45) is 23.7 Å². The molecule has 0 aromatic heterocycles. The number of benzene rings is 1. The average molecular weight is 325 g/mol. The first-order valence-corrected chi connectivity index (χ1v) is 7.22. The maximum atomic E-state index is 13.4. The van der Waals surface area contributed by atoms with Crippen LogP contribution in [0.1, 0.15) is 12.0 Å². The number of carbonyl (C=O) groups excluding carboxylic acids is 2. The van der Waals surface area contributed by atoms with Crippen molar-refractivity contribution in [3.63, 3.8) is 0 Å². The highest BCUT2D eigenvalue weighted by Gasteiger charge is 2.59. The molecule has 1 aromatic carbocycles. The third-order valence-corrected chi connectivity index (χ3v) is 4.98. The molecule has 4 atom stereocenters. The SMILES string of the molecule is O=C1C2C3C=CC(C3)C2C(=O)N1c1ccc(F)c(C(F)(F)F)c1. The summed E-state index contributed by atoms with van der Waals surface area (Å²) >= 11 is 0.